The predicted octanol–water partition coefficient (Wildman–Crippen LogP) is 5.96. The molecule has 7 heteroatoms. The van der Waals surface area contributed by atoms with Gasteiger partial charge >= 0.3 is 6.03 Å². The van der Waals surface area contributed by atoms with E-state index in [2.05, 4.69) is 36.5 Å². The number of hydrogen-bond donors (Lipinski definition) is 1. The summed E-state index contributed by atoms with van der Waals surface area (Å²) in [7, 11) is 1.53. The zero-order chi connectivity index (χ0) is 27.5. The molecule has 1 heterocycles. The maximum absolute atomic E-state index is 13.2. The lowest BCUT2D eigenvalue weighted by molar-refractivity contribution is -0.122. The Balaban J connectivity index is 1.41. The van der Waals surface area contributed by atoms with Gasteiger partial charge in [0.2, 0.25) is 0 Å². The fraction of sp³-hybridized carbons (Fsp3) is 0.156. The van der Waals surface area contributed by atoms with Gasteiger partial charge in [0.25, 0.3) is 11.8 Å². The van der Waals surface area contributed by atoms with Crippen molar-refractivity contribution in [1.82, 2.24) is 5.32 Å². The van der Waals surface area contributed by atoms with E-state index in [0.717, 1.165) is 38.8 Å². The number of barbiturate groups is 1. The summed E-state index contributed by atoms with van der Waals surface area (Å²) in [5, 5.41) is 4.53. The van der Waals surface area contributed by atoms with Crippen molar-refractivity contribution in [1.29, 1.82) is 0 Å². The molecule has 4 aromatic rings. The number of nitrogens with one attached hydrogen (secondary N) is 1. The molecule has 0 aromatic heterocycles. The van der Waals surface area contributed by atoms with Crippen LogP contribution in [-0.2, 0) is 22.6 Å². The molecule has 1 N–H and O–H groups in total. The second-order valence-corrected chi connectivity index (χ2v) is 9.26. The van der Waals surface area contributed by atoms with Crippen LogP contribution in [0.1, 0.15) is 29.2 Å². The zero-order valence-corrected chi connectivity index (χ0v) is 22.0. The molecule has 39 heavy (non-hydrogen) atoms. The van der Waals surface area contributed by atoms with E-state index in [1.807, 2.05) is 31.2 Å². The minimum Gasteiger partial charge on any atom is -0.493 e. The van der Waals surface area contributed by atoms with Gasteiger partial charge in [-0.15, -0.1) is 0 Å². The molecule has 1 aliphatic heterocycles. The molecule has 0 spiro atoms. The molecule has 196 valence electrons. The van der Waals surface area contributed by atoms with Crippen molar-refractivity contribution in [3.63, 3.8) is 0 Å². The van der Waals surface area contributed by atoms with Crippen LogP contribution in [0, 0.1) is 6.92 Å². The van der Waals surface area contributed by atoms with E-state index in [9.17, 15) is 14.4 Å². The summed E-state index contributed by atoms with van der Waals surface area (Å²) in [6.45, 7) is 4.41. The maximum atomic E-state index is 13.2. The first-order chi connectivity index (χ1) is 18.9. The number of anilines is 1. The number of urea groups is 1. The summed E-state index contributed by atoms with van der Waals surface area (Å²) >= 11 is 0. The third kappa shape index (κ3) is 5.11. The fourth-order valence-electron chi connectivity index (χ4n) is 4.62. The average molecular weight is 521 g/mol. The van der Waals surface area contributed by atoms with Gasteiger partial charge < -0.3 is 9.47 Å². The molecule has 0 atom stereocenters. The predicted molar refractivity (Wildman–Crippen MR) is 151 cm³/mol. The zero-order valence-electron chi connectivity index (χ0n) is 22.0. The summed E-state index contributed by atoms with van der Waals surface area (Å²) in [5.41, 5.74) is 4.06. The Labute approximate surface area is 226 Å². The Morgan fingerprint density at radius 2 is 1.67 bits per heavy atom. The number of aryl methyl sites for hydroxylation is 2. The van der Waals surface area contributed by atoms with Crippen LogP contribution >= 0.6 is 0 Å². The summed E-state index contributed by atoms with van der Waals surface area (Å²) in [5.74, 6) is -0.468. The van der Waals surface area contributed by atoms with Crippen molar-refractivity contribution in [2.45, 2.75) is 26.9 Å². The third-order valence-corrected chi connectivity index (χ3v) is 6.85. The normalized spacial score (nSPS) is 14.6. The lowest BCUT2D eigenvalue weighted by Gasteiger charge is -2.26. The summed E-state index contributed by atoms with van der Waals surface area (Å²) < 4.78 is 11.7. The van der Waals surface area contributed by atoms with Crippen LogP contribution in [0.5, 0.6) is 11.5 Å². The summed E-state index contributed by atoms with van der Waals surface area (Å²) in [6.07, 6.45) is 2.27. The van der Waals surface area contributed by atoms with Crippen LogP contribution in [0.2, 0.25) is 0 Å². The molecule has 1 aliphatic rings. The number of nitrogens with zero attached hydrogens (tertiary/aromatic N) is 1. The first-order valence-corrected chi connectivity index (χ1v) is 12.7. The molecule has 0 aliphatic carbocycles. The Morgan fingerprint density at radius 3 is 2.41 bits per heavy atom. The number of carbonyl (C=O) groups excluding carboxylic acids is 3. The number of hydrogen-bond acceptors (Lipinski definition) is 5. The van der Waals surface area contributed by atoms with E-state index >= 15 is 0 Å². The Bertz CT molecular complexity index is 1620. The first kappa shape index (κ1) is 25.7. The molecule has 0 saturated carbocycles. The number of amides is 4. The second kappa shape index (κ2) is 10.8. The number of carbonyl (C=O) groups is 3. The lowest BCUT2D eigenvalue weighted by Crippen LogP contribution is -2.54. The van der Waals surface area contributed by atoms with Gasteiger partial charge in [-0.3, -0.25) is 14.9 Å². The van der Waals surface area contributed by atoms with Crippen LogP contribution in [0.15, 0.2) is 84.4 Å². The smallest absolute Gasteiger partial charge is 0.335 e. The van der Waals surface area contributed by atoms with Gasteiger partial charge in [0.15, 0.2) is 11.5 Å². The summed E-state index contributed by atoms with van der Waals surface area (Å²) in [6, 6.07) is 23.8. The van der Waals surface area contributed by atoms with Crippen molar-refractivity contribution in [2.24, 2.45) is 0 Å². The molecule has 0 unspecified atom stereocenters. The molecule has 4 amide bonds. The van der Waals surface area contributed by atoms with Gasteiger partial charge in [-0.1, -0.05) is 61.5 Å². The average Bonchev–Trinajstić information content (AvgIpc) is 2.95. The minimum absolute atomic E-state index is 0.156. The van der Waals surface area contributed by atoms with Gasteiger partial charge in [0.1, 0.15) is 12.2 Å². The Hall–Kier alpha value is -4.91. The molecule has 0 radical (unpaired) electrons. The lowest BCUT2D eigenvalue weighted by atomic mass is 10.0. The standard InChI is InChI=1S/C32H28N2O5/c1-4-21-10-14-24(15-11-21)34-31(36)26(30(35)33-32(34)37)17-22-12-16-28(29(18-22)38-3)39-19-27-20(2)9-13-23-7-5-6-8-25(23)27/h5-18H,4,19H2,1-3H3,(H,33,35,37)/b26-17+. The van der Waals surface area contributed by atoms with Crippen molar-refractivity contribution in [3.05, 3.63) is 107 Å². The van der Waals surface area contributed by atoms with Gasteiger partial charge in [-0.25, -0.2) is 9.69 Å². The number of ether oxygens (including phenoxy) is 2. The molecular formula is C32H28N2O5. The van der Waals surface area contributed by atoms with E-state index in [1.165, 1.54) is 13.2 Å². The van der Waals surface area contributed by atoms with Crippen LogP contribution in [0.4, 0.5) is 10.5 Å². The second-order valence-electron chi connectivity index (χ2n) is 9.26. The minimum atomic E-state index is -0.781. The van der Waals surface area contributed by atoms with E-state index in [-0.39, 0.29) is 5.57 Å². The van der Waals surface area contributed by atoms with Crippen molar-refractivity contribution < 1.29 is 23.9 Å². The van der Waals surface area contributed by atoms with E-state index in [4.69, 9.17) is 9.47 Å². The first-order valence-electron chi connectivity index (χ1n) is 12.7. The molecule has 4 aromatic carbocycles. The highest BCUT2D eigenvalue weighted by Crippen LogP contribution is 2.32. The summed E-state index contributed by atoms with van der Waals surface area (Å²) in [4.78, 5) is 39.3. The number of benzene rings is 4. The molecule has 1 fully saturated rings. The Kier molecular flexibility index (Phi) is 7.14. The molecular weight excluding hydrogens is 492 g/mol. The van der Waals surface area contributed by atoms with E-state index in [1.54, 1.807) is 30.3 Å². The fourth-order valence-corrected chi connectivity index (χ4v) is 4.62. The highest BCUT2D eigenvalue weighted by molar-refractivity contribution is 6.39. The van der Waals surface area contributed by atoms with Crippen molar-refractivity contribution in [3.8, 4) is 11.5 Å². The van der Waals surface area contributed by atoms with Crippen LogP contribution in [0.3, 0.4) is 0 Å². The largest absolute Gasteiger partial charge is 0.493 e. The maximum Gasteiger partial charge on any atom is 0.335 e. The van der Waals surface area contributed by atoms with Gasteiger partial charge in [0.05, 0.1) is 12.8 Å². The number of fused-ring (bicyclic) bond motifs is 1. The third-order valence-electron chi connectivity index (χ3n) is 6.85. The number of rotatable bonds is 7. The van der Waals surface area contributed by atoms with Crippen molar-refractivity contribution >= 4 is 40.4 Å². The van der Waals surface area contributed by atoms with Gasteiger partial charge in [-0.2, -0.15) is 0 Å². The van der Waals surface area contributed by atoms with E-state index in [0.29, 0.717) is 29.4 Å². The topological polar surface area (TPSA) is 84.9 Å². The van der Waals surface area contributed by atoms with Crippen LogP contribution in [0.25, 0.3) is 16.8 Å². The highest BCUT2D eigenvalue weighted by Gasteiger charge is 2.36. The van der Waals surface area contributed by atoms with Crippen LogP contribution < -0.4 is 19.7 Å². The SMILES string of the molecule is CCc1ccc(N2C(=O)NC(=O)/C(=C\c3ccc(OCc4c(C)ccc5ccccc45)c(OC)c3)C2=O)cc1. The molecule has 5 rings (SSSR count). The van der Waals surface area contributed by atoms with Crippen LogP contribution in [-0.4, -0.2) is 25.0 Å². The Morgan fingerprint density at radius 1 is 0.897 bits per heavy atom. The van der Waals surface area contributed by atoms with Gasteiger partial charge in [-0.05, 0) is 71.1 Å². The molecule has 7 nitrogen and oxygen atoms in total. The number of imide groups is 2. The molecule has 1 saturated heterocycles. The van der Waals surface area contributed by atoms with E-state index < -0.39 is 17.8 Å². The number of methoxy groups -OCH3 is 1. The quantitative estimate of drug-likeness (QED) is 0.240. The van der Waals surface area contributed by atoms with Gasteiger partial charge in [0, 0.05) is 5.56 Å². The van der Waals surface area contributed by atoms with Crippen molar-refractivity contribution in [2.75, 3.05) is 12.0 Å². The monoisotopic (exact) mass is 520 g/mol. The highest BCUT2D eigenvalue weighted by atomic mass is 16.5. The molecule has 0 bridgehead atoms.